The predicted molar refractivity (Wildman–Crippen MR) is 192 cm³/mol. The first-order valence-electron chi connectivity index (χ1n) is 16.4. The summed E-state index contributed by atoms with van der Waals surface area (Å²) in [6, 6.07) is 40.6. The molecule has 0 amide bonds. The maximum Gasteiger partial charge on any atom is -1.00 e. The summed E-state index contributed by atoms with van der Waals surface area (Å²) in [5, 5.41) is 0. The van der Waals surface area contributed by atoms with Gasteiger partial charge >= 0.3 is 291 Å². The van der Waals surface area contributed by atoms with E-state index in [1.165, 1.54) is 77.9 Å². The van der Waals surface area contributed by atoms with Crippen molar-refractivity contribution in [2.75, 3.05) is 0 Å². The van der Waals surface area contributed by atoms with Crippen LogP contribution in [0.3, 0.4) is 0 Å². The summed E-state index contributed by atoms with van der Waals surface area (Å²) >= 11 is -1.28. The van der Waals surface area contributed by atoms with Crippen LogP contribution >= 0.6 is 0 Å². The fourth-order valence-corrected chi connectivity index (χ4v) is 12.0. The molecule has 2 nitrogen and oxygen atoms in total. The Balaban J connectivity index is 0.00000208. The zero-order valence-corrected chi connectivity index (χ0v) is 32.0. The third-order valence-electron chi connectivity index (χ3n) is 9.60. The zero-order valence-electron chi connectivity index (χ0n) is 28.0. The van der Waals surface area contributed by atoms with Gasteiger partial charge in [-0.3, -0.25) is 0 Å². The third kappa shape index (κ3) is 6.70. The van der Waals surface area contributed by atoms with Crippen LogP contribution in [-0.4, -0.2) is 9.97 Å². The van der Waals surface area contributed by atoms with Crippen LogP contribution in [0.5, 0.6) is 0 Å². The molecule has 49 heavy (non-hydrogen) atoms. The molecule has 2 aromatic heterocycles. The number of hydrogen-bond acceptors (Lipinski definition) is 2. The molecule has 0 spiro atoms. The maximum atomic E-state index is 5.01. The van der Waals surface area contributed by atoms with Crippen molar-refractivity contribution in [1.29, 1.82) is 0 Å². The molecule has 0 aliphatic heterocycles. The van der Waals surface area contributed by atoms with Gasteiger partial charge in [0.15, 0.2) is 0 Å². The number of nitrogens with zero attached hydrogens (tertiary/aromatic N) is 2. The monoisotopic (exact) mass is 752 g/mol. The fourth-order valence-electron chi connectivity index (χ4n) is 7.02. The van der Waals surface area contributed by atoms with Crippen LogP contribution in [0, 0.1) is 27.7 Å². The van der Waals surface area contributed by atoms with Crippen LogP contribution in [0.2, 0.25) is 0 Å². The number of fused-ring (bicyclic) bond motifs is 2. The van der Waals surface area contributed by atoms with Gasteiger partial charge in [0, 0.05) is 0 Å². The van der Waals surface area contributed by atoms with Gasteiger partial charge in [0.25, 0.3) is 0 Å². The van der Waals surface area contributed by atoms with E-state index >= 15 is 0 Å². The molecule has 0 saturated carbocycles. The number of aryl methyl sites for hydroxylation is 4. The molecule has 2 aliphatic carbocycles. The van der Waals surface area contributed by atoms with Crippen molar-refractivity contribution in [3.05, 3.63) is 177 Å². The molecule has 240 valence electrons. The van der Waals surface area contributed by atoms with Gasteiger partial charge in [-0.2, -0.15) is 0 Å². The largest absolute Gasteiger partial charge is 1.00 e. The van der Waals surface area contributed by atoms with E-state index in [4.69, 9.17) is 9.97 Å². The van der Waals surface area contributed by atoms with Crippen molar-refractivity contribution < 1.29 is 48.0 Å². The molecule has 0 radical (unpaired) electrons. The number of halogens is 2. The molecule has 6 aromatic rings. The van der Waals surface area contributed by atoms with Gasteiger partial charge in [-0.15, -0.1) is 0 Å². The van der Waals surface area contributed by atoms with Crippen molar-refractivity contribution in [3.63, 3.8) is 0 Å². The van der Waals surface area contributed by atoms with Gasteiger partial charge < -0.3 is 24.8 Å². The van der Waals surface area contributed by atoms with Crippen molar-refractivity contribution >= 4 is 23.3 Å². The van der Waals surface area contributed by atoms with Crippen molar-refractivity contribution in [2.24, 2.45) is 0 Å². The van der Waals surface area contributed by atoms with Gasteiger partial charge in [0.2, 0.25) is 0 Å². The maximum absolute atomic E-state index is 5.01. The third-order valence-corrected chi connectivity index (χ3v) is 14.3. The van der Waals surface area contributed by atoms with E-state index in [0.717, 1.165) is 11.4 Å². The quantitative estimate of drug-likeness (QED) is 0.239. The second-order valence-corrected chi connectivity index (χ2v) is 16.7. The minimum atomic E-state index is -1.28. The van der Waals surface area contributed by atoms with Crippen LogP contribution < -0.4 is 24.8 Å². The summed E-state index contributed by atoms with van der Waals surface area (Å²) in [6.07, 6.45) is 8.95. The molecule has 0 bridgehead atoms. The average Bonchev–Trinajstić information content (AvgIpc) is 3.65. The molecule has 8 rings (SSSR count). The van der Waals surface area contributed by atoms with Crippen LogP contribution in [0.15, 0.2) is 122 Å². The second-order valence-electron chi connectivity index (χ2n) is 13.0. The van der Waals surface area contributed by atoms with Gasteiger partial charge in [-0.05, 0) is 0 Å². The smallest absolute Gasteiger partial charge is 1.00 e. The van der Waals surface area contributed by atoms with E-state index in [9.17, 15) is 0 Å². The Morgan fingerprint density at radius 3 is 1.20 bits per heavy atom. The average molecular weight is 755 g/mol. The summed E-state index contributed by atoms with van der Waals surface area (Å²) in [4.78, 5) is 10.0. The van der Waals surface area contributed by atoms with E-state index in [2.05, 4.69) is 149 Å². The van der Waals surface area contributed by atoms with E-state index in [1.807, 2.05) is 12.4 Å². The van der Waals surface area contributed by atoms with E-state index in [1.54, 1.807) is 0 Å². The SMILES string of the molecule is Cc1ccc(-c2cccc3c2C=C(c2ccc(C)cn2)[CH]3[Zr+2][CH]2C(c3ccc(C)cn3)=Cc3c(-c4ccc(C)cc4)cccc32)cc1.[Cl-].[Cl-]. The number of hydrogen-bond donors (Lipinski definition) is 0. The van der Waals surface area contributed by atoms with E-state index < -0.39 is 23.2 Å². The first-order chi connectivity index (χ1) is 22.9. The summed E-state index contributed by atoms with van der Waals surface area (Å²) in [5.41, 5.74) is 20.6. The minimum Gasteiger partial charge on any atom is -1.00 e. The molecule has 4 aromatic carbocycles. The zero-order chi connectivity index (χ0) is 32.1. The fraction of sp³-hybridized carbons (Fsp3) is 0.136. The first kappa shape index (κ1) is 35.0. The van der Waals surface area contributed by atoms with Gasteiger partial charge in [0.1, 0.15) is 0 Å². The summed E-state index contributed by atoms with van der Waals surface area (Å²) in [5.74, 6) is 0. The Hall–Kier alpha value is -3.88. The van der Waals surface area contributed by atoms with E-state index in [0.29, 0.717) is 7.25 Å². The number of pyridine rings is 2. The Morgan fingerprint density at radius 1 is 0.449 bits per heavy atom. The summed E-state index contributed by atoms with van der Waals surface area (Å²) in [7, 11) is 0. The molecule has 2 atom stereocenters. The van der Waals surface area contributed by atoms with Crippen molar-refractivity contribution in [1.82, 2.24) is 9.97 Å². The normalized spacial score (nSPS) is 15.6. The Labute approximate surface area is 313 Å². The topological polar surface area (TPSA) is 25.8 Å². The molecule has 2 unspecified atom stereocenters. The molecular weight excluding hydrogens is 719 g/mol. The van der Waals surface area contributed by atoms with Crippen molar-refractivity contribution in [3.8, 4) is 22.3 Å². The van der Waals surface area contributed by atoms with E-state index in [-0.39, 0.29) is 24.8 Å². The summed E-state index contributed by atoms with van der Waals surface area (Å²) < 4.78 is 0.698. The molecule has 2 heterocycles. The van der Waals surface area contributed by atoms with Gasteiger partial charge in [-0.1, -0.05) is 0 Å². The number of benzene rings is 4. The molecule has 0 N–H and O–H groups in total. The number of aromatic nitrogens is 2. The van der Waals surface area contributed by atoms with Crippen LogP contribution in [0.1, 0.15) is 63.1 Å². The van der Waals surface area contributed by atoms with Crippen molar-refractivity contribution in [2.45, 2.75) is 34.9 Å². The standard InChI is InChI=1S/2C22H18N.2ClH.Zr/c2*1-15-6-9-17(10-7-15)20-5-3-4-18-12-19(13-21(18)20)22-11-8-16(2)14-23-22;;;/h2*3-14H,1-2H3;2*1H;/q;;;;+2/p-2. The van der Waals surface area contributed by atoms with Gasteiger partial charge in [0.05, 0.1) is 0 Å². The number of allylic oxidation sites excluding steroid dienone is 2. The Morgan fingerprint density at radius 2 is 0.837 bits per heavy atom. The second kappa shape index (κ2) is 14.5. The van der Waals surface area contributed by atoms with Crippen LogP contribution in [-0.2, 0) is 23.2 Å². The molecule has 0 fully saturated rings. The van der Waals surface area contributed by atoms with Crippen LogP contribution in [0.4, 0.5) is 0 Å². The molecule has 2 aliphatic rings. The summed E-state index contributed by atoms with van der Waals surface area (Å²) in [6.45, 7) is 8.54. The molecular formula is C44H36Cl2N2Zr. The van der Waals surface area contributed by atoms with Gasteiger partial charge in [-0.25, -0.2) is 0 Å². The minimum absolute atomic E-state index is 0. The van der Waals surface area contributed by atoms with Crippen LogP contribution in [0.25, 0.3) is 45.6 Å². The number of rotatable bonds is 6. The molecule has 0 saturated heterocycles. The Kier molecular flexibility index (Phi) is 10.4. The predicted octanol–water partition coefficient (Wildman–Crippen LogP) is 5.03. The first-order valence-corrected chi connectivity index (χ1v) is 19.2. The molecule has 5 heteroatoms. The Bertz CT molecular complexity index is 2030.